The molecule has 1 aliphatic heterocycles. The molecule has 0 radical (unpaired) electrons. The van der Waals surface area contributed by atoms with Crippen molar-refractivity contribution in [2.45, 2.75) is 62.4 Å². The number of nitrogens with one attached hydrogen (secondary N) is 1. The van der Waals surface area contributed by atoms with Crippen LogP contribution in [0.1, 0.15) is 68.8 Å². The summed E-state index contributed by atoms with van der Waals surface area (Å²) in [5, 5.41) is 54.1. The number of hydrogen-bond acceptors (Lipinski definition) is 12. The number of phenols is 2. The largest absolute Gasteiger partial charge is 0.147 e. The number of aliphatic hydroxyl groups is 3. The van der Waals surface area contributed by atoms with Gasteiger partial charge in [-0.25, -0.2) is 0 Å². The molecule has 5 rings (SSSR count). The summed E-state index contributed by atoms with van der Waals surface area (Å²) < 4.78 is 20.1. The minimum atomic E-state index is -2.23. The summed E-state index contributed by atoms with van der Waals surface area (Å²) in [5.74, 6) is -3.71. The Bertz CT molecular complexity index is 1420. The Morgan fingerprint density at radius 2 is 1.85 bits per heavy atom. The van der Waals surface area contributed by atoms with Crippen molar-refractivity contribution >= 4 is 29.8 Å². The molecule has 1 saturated heterocycles. The Morgan fingerprint density at radius 3 is 2.49 bits per heavy atom. The normalized spacial score (nSPS) is 28.7. The number of ether oxygens (including phenoxy) is 3. The Kier molecular flexibility index (Phi) is 9.03. The average molecular weight is 776 g/mol. The van der Waals surface area contributed by atoms with Crippen LogP contribution in [0.3, 0.4) is 0 Å². The molecule has 0 spiro atoms. The summed E-state index contributed by atoms with van der Waals surface area (Å²) in [6.45, 7) is 0.623. The van der Waals surface area contributed by atoms with Crippen LogP contribution in [0.5, 0.6) is 17.2 Å². The molecule has 226 valence electrons. The summed E-state index contributed by atoms with van der Waals surface area (Å²) >= 11 is 2.09. The molecular weight excluding hydrogens is 747 g/mol. The van der Waals surface area contributed by atoms with Gasteiger partial charge in [0.1, 0.15) is 0 Å². The van der Waals surface area contributed by atoms with Crippen LogP contribution in [0.25, 0.3) is 0 Å². The molecule has 2 aliphatic carbocycles. The second kappa shape index (κ2) is 11.7. The van der Waals surface area contributed by atoms with Gasteiger partial charge in [-0.15, -0.1) is 12.4 Å². The number of halogens is 1. The minimum Gasteiger partial charge on any atom is -0.147 e. The molecule has 0 amide bonds. The molecule has 2 aromatic rings. The third-order valence-corrected chi connectivity index (χ3v) is 8.68. The number of phenolic OH excluding ortho intramolecular Hbond substituents is 2. The molecule has 0 aromatic heterocycles. The van der Waals surface area contributed by atoms with Gasteiger partial charge in [-0.1, -0.05) is 12.1 Å². The van der Waals surface area contributed by atoms with E-state index in [9.17, 15) is 39.9 Å². The van der Waals surface area contributed by atoms with Crippen LogP contribution < -0.4 is 8.46 Å². The fraction of sp³-hybridized carbons (Fsp3) is 0.444. The number of aromatic hydroxyl groups is 2. The number of hydrogen-bond donors (Lipinski definition) is 6. The minimum absolute atomic E-state index is 0. The zero-order valence-corrected chi connectivity index (χ0v) is 24.8. The van der Waals surface area contributed by atoms with Crippen LogP contribution in [0.2, 0.25) is 0 Å². The first-order valence-electron chi connectivity index (χ1n) is 12.5. The van der Waals surface area contributed by atoms with E-state index in [1.165, 1.54) is 25.3 Å². The van der Waals surface area contributed by atoms with Gasteiger partial charge in [0.2, 0.25) is 0 Å². The van der Waals surface area contributed by atoms with Crippen molar-refractivity contribution in [2.75, 3.05) is 13.7 Å². The van der Waals surface area contributed by atoms with E-state index in [0.29, 0.717) is 0 Å². The van der Waals surface area contributed by atoms with E-state index in [0.717, 1.165) is 0 Å². The summed E-state index contributed by atoms with van der Waals surface area (Å²) in [5.41, 5.74) is -3.54. The van der Waals surface area contributed by atoms with Gasteiger partial charge in [0.05, 0.1) is 7.11 Å². The van der Waals surface area contributed by atoms with Crippen LogP contribution in [-0.4, -0.2) is 86.7 Å². The number of carbonyl (C=O) groups excluding carboxylic acids is 3. The molecule has 41 heavy (non-hydrogen) atoms. The first kappa shape index (κ1) is 31.6. The van der Waals surface area contributed by atoms with Gasteiger partial charge in [0.15, 0.2) is 0 Å². The van der Waals surface area contributed by atoms with Crippen LogP contribution in [0.4, 0.5) is 0 Å². The van der Waals surface area contributed by atoms with Crippen LogP contribution in [-0.2, 0) is 42.0 Å². The molecule has 12 nitrogen and oxygen atoms in total. The van der Waals surface area contributed by atoms with Crippen molar-refractivity contribution < 1.29 is 75.5 Å². The maximum Gasteiger partial charge on any atom is -0.147 e. The predicted octanol–water partition coefficient (Wildman–Crippen LogP) is 0.516. The summed E-state index contributed by atoms with van der Waals surface area (Å²) in [7, 11) is 1.33. The number of carbonyl (C=O) groups is 3. The molecule has 3 aliphatic rings. The topological polar surface area (TPSA) is 192 Å². The van der Waals surface area contributed by atoms with Crippen molar-refractivity contribution in [2.24, 2.45) is 0 Å². The Morgan fingerprint density at radius 1 is 1.17 bits per heavy atom. The average Bonchev–Trinajstić information content (AvgIpc) is 2.94. The molecule has 1 heterocycles. The summed E-state index contributed by atoms with van der Waals surface area (Å²) in [6, 6.07) is 3.93. The Labute approximate surface area is 253 Å². The number of rotatable bonds is 6. The SMILES string of the molecule is COc1cccc2c1C(=O)c1c(O)c3c(c(O)c1C2=O)C[C@@](O)(C(=O)CO)C[C@@H]3OC1CC([NH][Au])C(O)C(C)O1.Cl. The van der Waals surface area contributed by atoms with Crippen molar-refractivity contribution in [3.8, 4) is 17.2 Å². The van der Waals surface area contributed by atoms with Gasteiger partial charge in [-0.2, -0.15) is 0 Å². The van der Waals surface area contributed by atoms with Gasteiger partial charge in [0, 0.05) is 0 Å². The maximum atomic E-state index is 13.7. The number of ketones is 3. The number of Topliss-reactive ketones (excluding diaryl/α,β-unsaturated/α-hetero) is 1. The standard InChI is InChI=1S/C27H28NO11.Au.ClH/c1-10-22(31)13(28)6-17(38-10)39-15-8-27(36,16(30)9-29)7-12-19(15)26(35)21-20(24(12)33)23(32)11-4-3-5-14(37-2)18(11)25(21)34;;/h3-5,10,13,15,17,22,28-29,31,33,35-36H,6-9H2,1-2H3;;1H/q-1;+1;/t10?,13?,15-,17?,22?,27-;;/m0../s1. The molecular formula is C27H29AuClNO11. The maximum absolute atomic E-state index is 13.7. The predicted molar refractivity (Wildman–Crippen MR) is 138 cm³/mol. The van der Waals surface area contributed by atoms with Gasteiger partial charge in [-0.3, -0.25) is 0 Å². The van der Waals surface area contributed by atoms with E-state index in [1.807, 2.05) is 0 Å². The molecule has 0 saturated carbocycles. The third kappa shape index (κ3) is 5.02. The number of methoxy groups -OCH3 is 1. The van der Waals surface area contributed by atoms with Crippen molar-refractivity contribution in [1.29, 1.82) is 0 Å². The van der Waals surface area contributed by atoms with E-state index in [1.54, 1.807) is 6.92 Å². The fourth-order valence-electron chi connectivity index (χ4n) is 5.80. The monoisotopic (exact) mass is 775 g/mol. The molecule has 6 N–H and O–H groups in total. The Hall–Kier alpha value is -2.36. The van der Waals surface area contributed by atoms with Gasteiger partial charge >= 0.3 is 211 Å². The van der Waals surface area contributed by atoms with Gasteiger partial charge < -0.3 is 4.74 Å². The van der Waals surface area contributed by atoms with Crippen molar-refractivity contribution in [3.63, 3.8) is 0 Å². The zero-order chi connectivity index (χ0) is 29.1. The molecule has 6 atom stereocenters. The third-order valence-electron chi connectivity index (χ3n) is 7.87. The van der Waals surface area contributed by atoms with Crippen LogP contribution in [0.15, 0.2) is 18.2 Å². The fourth-order valence-corrected chi connectivity index (χ4v) is 6.43. The molecule has 1 fully saturated rings. The van der Waals surface area contributed by atoms with Crippen LogP contribution in [0, 0.1) is 0 Å². The smallest absolute Gasteiger partial charge is 0.147 e. The number of fused-ring (bicyclic) bond motifs is 3. The second-order valence-electron chi connectivity index (χ2n) is 10.2. The molecule has 4 unspecified atom stereocenters. The van der Waals surface area contributed by atoms with Crippen LogP contribution >= 0.6 is 12.4 Å². The second-order valence-corrected chi connectivity index (χ2v) is 10.8. The Balaban J connectivity index is 0.00000387. The first-order chi connectivity index (χ1) is 19.0. The number of aliphatic hydroxyl groups excluding tert-OH is 2. The zero-order valence-electron chi connectivity index (χ0n) is 21.8. The van der Waals surface area contributed by atoms with E-state index < -0.39 is 95.7 Å². The molecule has 0 bridgehead atoms. The van der Waals surface area contributed by atoms with E-state index in [2.05, 4.69) is 25.0 Å². The first-order valence-corrected chi connectivity index (χ1v) is 13.6. The van der Waals surface area contributed by atoms with Gasteiger partial charge in [-0.05, 0) is 6.07 Å². The van der Waals surface area contributed by atoms with Crippen molar-refractivity contribution in [3.05, 3.63) is 51.6 Å². The van der Waals surface area contributed by atoms with E-state index in [4.69, 9.17) is 14.2 Å². The number of benzene rings is 2. The molecule has 2 aromatic carbocycles. The molecule has 14 heteroatoms. The summed E-state index contributed by atoms with van der Waals surface area (Å²) in [4.78, 5) is 39.9. The summed E-state index contributed by atoms with van der Waals surface area (Å²) in [6.07, 6.45) is -4.72. The quantitative estimate of drug-likeness (QED) is 0.151. The van der Waals surface area contributed by atoms with E-state index >= 15 is 0 Å². The van der Waals surface area contributed by atoms with Gasteiger partial charge in [0.25, 0.3) is 0 Å². The van der Waals surface area contributed by atoms with E-state index in [-0.39, 0.29) is 46.8 Å². The van der Waals surface area contributed by atoms with Crippen molar-refractivity contribution in [1.82, 2.24) is 3.72 Å².